The van der Waals surface area contributed by atoms with Crippen LogP contribution in [0.5, 0.6) is 0 Å². The zero-order valence-corrected chi connectivity index (χ0v) is 20.0. The maximum Gasteiger partial charge on any atom is 0.230 e. The van der Waals surface area contributed by atoms with Crippen LogP contribution < -0.4 is 5.32 Å². The van der Waals surface area contributed by atoms with Crippen LogP contribution >= 0.6 is 11.8 Å². The van der Waals surface area contributed by atoms with Crippen molar-refractivity contribution in [1.82, 2.24) is 29.9 Å². The lowest BCUT2D eigenvalue weighted by Gasteiger charge is -2.09. The van der Waals surface area contributed by atoms with E-state index in [0.29, 0.717) is 13.1 Å². The van der Waals surface area contributed by atoms with Crippen LogP contribution in [-0.4, -0.2) is 36.2 Å². The third kappa shape index (κ3) is 5.34. The van der Waals surface area contributed by atoms with Crippen LogP contribution in [0.4, 0.5) is 0 Å². The molecule has 2 aromatic heterocycles. The molecule has 4 rings (SSSR count). The van der Waals surface area contributed by atoms with E-state index in [1.165, 1.54) is 17.3 Å². The maximum atomic E-state index is 12.6. The number of amides is 1. The molecule has 4 aromatic rings. The Labute approximate surface area is 198 Å². The highest BCUT2D eigenvalue weighted by atomic mass is 32.2. The first-order valence-electron chi connectivity index (χ1n) is 11.0. The van der Waals surface area contributed by atoms with Crippen molar-refractivity contribution in [3.63, 3.8) is 0 Å². The van der Waals surface area contributed by atoms with Gasteiger partial charge in [0.1, 0.15) is 0 Å². The molecule has 0 aliphatic carbocycles. The van der Waals surface area contributed by atoms with E-state index in [4.69, 9.17) is 0 Å². The van der Waals surface area contributed by atoms with Crippen molar-refractivity contribution in [2.75, 3.05) is 5.75 Å². The van der Waals surface area contributed by atoms with E-state index in [1.807, 2.05) is 71.6 Å². The molecule has 0 aliphatic rings. The van der Waals surface area contributed by atoms with Gasteiger partial charge in [0, 0.05) is 29.9 Å². The number of nitrogens with zero attached hydrogens (tertiary/aromatic N) is 5. The second kappa shape index (κ2) is 10.5. The average molecular weight is 461 g/mol. The van der Waals surface area contributed by atoms with Gasteiger partial charge >= 0.3 is 0 Å². The van der Waals surface area contributed by atoms with E-state index in [1.54, 1.807) is 0 Å². The summed E-state index contributed by atoms with van der Waals surface area (Å²) in [7, 11) is 0. The number of carbonyl (C=O) groups excluding carboxylic acids is 1. The molecule has 0 saturated heterocycles. The number of aromatic nitrogens is 5. The van der Waals surface area contributed by atoms with Crippen LogP contribution in [-0.2, 0) is 24.4 Å². The number of aryl methyl sites for hydroxylation is 1. The summed E-state index contributed by atoms with van der Waals surface area (Å²) in [4.78, 5) is 12.6. The molecule has 0 saturated carbocycles. The fraction of sp³-hybridized carbons (Fsp3) is 0.280. The molecular formula is C25H28N6OS. The normalized spacial score (nSPS) is 11.0. The molecule has 7 nitrogen and oxygen atoms in total. The summed E-state index contributed by atoms with van der Waals surface area (Å²) >= 11 is 1.40. The van der Waals surface area contributed by atoms with E-state index >= 15 is 0 Å². The largest absolute Gasteiger partial charge is 0.351 e. The minimum Gasteiger partial charge on any atom is -0.351 e. The molecule has 0 fully saturated rings. The Hall–Kier alpha value is -3.39. The number of thioether (sulfide) groups is 1. The Morgan fingerprint density at radius 2 is 1.70 bits per heavy atom. The highest BCUT2D eigenvalue weighted by Crippen LogP contribution is 2.23. The predicted molar refractivity (Wildman–Crippen MR) is 131 cm³/mol. The van der Waals surface area contributed by atoms with Crippen LogP contribution in [0.25, 0.3) is 11.4 Å². The van der Waals surface area contributed by atoms with Gasteiger partial charge < -0.3 is 9.88 Å². The fourth-order valence-corrected chi connectivity index (χ4v) is 4.58. The summed E-state index contributed by atoms with van der Waals surface area (Å²) in [6, 6.07) is 20.2. The van der Waals surface area contributed by atoms with Crippen molar-refractivity contribution in [3.8, 4) is 11.4 Å². The lowest BCUT2D eigenvalue weighted by Crippen LogP contribution is -2.25. The monoisotopic (exact) mass is 460 g/mol. The smallest absolute Gasteiger partial charge is 0.230 e. The van der Waals surface area contributed by atoms with Crippen LogP contribution in [0.15, 0.2) is 65.8 Å². The second-order valence-corrected chi connectivity index (χ2v) is 8.72. The third-order valence-electron chi connectivity index (χ3n) is 5.57. The van der Waals surface area contributed by atoms with Crippen molar-refractivity contribution >= 4 is 17.7 Å². The number of carbonyl (C=O) groups is 1. The lowest BCUT2D eigenvalue weighted by atomic mass is 10.2. The Bertz CT molecular complexity index is 1220. The molecule has 0 unspecified atom stereocenters. The summed E-state index contributed by atoms with van der Waals surface area (Å²) in [5, 5.41) is 17.1. The van der Waals surface area contributed by atoms with Crippen LogP contribution in [0.2, 0.25) is 0 Å². The standard InChI is InChI=1S/C25H28N6OS/c1-4-30-24(21-13-9-6-10-14-21)27-28-25(30)33-17-23(32)26-15-22-18(2)29-31(19(22)3)16-20-11-7-5-8-12-20/h5-14H,4,15-17H2,1-3H3,(H,26,32). The summed E-state index contributed by atoms with van der Waals surface area (Å²) in [5.74, 6) is 1.06. The van der Waals surface area contributed by atoms with Gasteiger partial charge in [0.2, 0.25) is 5.91 Å². The van der Waals surface area contributed by atoms with E-state index in [0.717, 1.165) is 40.0 Å². The molecule has 2 heterocycles. The van der Waals surface area contributed by atoms with Crippen LogP contribution in [0.3, 0.4) is 0 Å². The van der Waals surface area contributed by atoms with Crippen molar-refractivity contribution in [1.29, 1.82) is 0 Å². The van der Waals surface area contributed by atoms with Gasteiger partial charge in [-0.05, 0) is 26.3 Å². The predicted octanol–water partition coefficient (Wildman–Crippen LogP) is 4.24. The van der Waals surface area contributed by atoms with Gasteiger partial charge in [-0.15, -0.1) is 10.2 Å². The lowest BCUT2D eigenvalue weighted by molar-refractivity contribution is -0.118. The molecule has 170 valence electrons. The fourth-order valence-electron chi connectivity index (χ4n) is 3.75. The molecule has 1 N–H and O–H groups in total. The van der Waals surface area contributed by atoms with Gasteiger partial charge in [-0.2, -0.15) is 5.10 Å². The molecule has 0 atom stereocenters. The molecule has 8 heteroatoms. The minimum absolute atomic E-state index is 0.0403. The second-order valence-electron chi connectivity index (χ2n) is 7.77. The minimum atomic E-state index is -0.0403. The maximum absolute atomic E-state index is 12.6. The highest BCUT2D eigenvalue weighted by Gasteiger charge is 2.16. The first-order valence-corrected chi connectivity index (χ1v) is 12.0. The Morgan fingerprint density at radius 1 is 1.00 bits per heavy atom. The summed E-state index contributed by atoms with van der Waals surface area (Å²) < 4.78 is 4.03. The topological polar surface area (TPSA) is 77.6 Å². The van der Waals surface area contributed by atoms with Crippen LogP contribution in [0, 0.1) is 13.8 Å². The summed E-state index contributed by atoms with van der Waals surface area (Å²) in [6.45, 7) is 8.00. The number of hydrogen-bond donors (Lipinski definition) is 1. The van der Waals surface area contributed by atoms with Crippen molar-refractivity contribution < 1.29 is 4.79 Å². The van der Waals surface area contributed by atoms with Crippen molar-refractivity contribution in [2.24, 2.45) is 0 Å². The number of rotatable bonds is 9. The molecule has 0 aliphatic heterocycles. The molecule has 1 amide bonds. The third-order valence-corrected chi connectivity index (χ3v) is 6.53. The summed E-state index contributed by atoms with van der Waals surface area (Å²) in [6.07, 6.45) is 0. The zero-order valence-electron chi connectivity index (χ0n) is 19.2. The highest BCUT2D eigenvalue weighted by molar-refractivity contribution is 7.99. The number of benzene rings is 2. The first-order chi connectivity index (χ1) is 16.1. The molecule has 0 radical (unpaired) electrons. The Morgan fingerprint density at radius 3 is 2.39 bits per heavy atom. The van der Waals surface area contributed by atoms with Gasteiger partial charge in [-0.25, -0.2) is 0 Å². The average Bonchev–Trinajstić information content (AvgIpc) is 3.37. The Kier molecular flexibility index (Phi) is 7.24. The number of hydrogen-bond acceptors (Lipinski definition) is 5. The SMILES string of the molecule is CCn1c(SCC(=O)NCc2c(C)nn(Cc3ccccc3)c2C)nnc1-c1ccccc1. The quantitative estimate of drug-likeness (QED) is 0.378. The Balaban J connectivity index is 1.36. The molecular weight excluding hydrogens is 432 g/mol. The van der Waals surface area contributed by atoms with Gasteiger partial charge in [-0.1, -0.05) is 72.4 Å². The van der Waals surface area contributed by atoms with Crippen molar-refractivity contribution in [3.05, 3.63) is 83.2 Å². The molecule has 0 bridgehead atoms. The number of nitrogens with one attached hydrogen (secondary N) is 1. The van der Waals surface area contributed by atoms with Crippen molar-refractivity contribution in [2.45, 2.75) is 45.6 Å². The summed E-state index contributed by atoms with van der Waals surface area (Å²) in [5.41, 5.74) is 5.29. The zero-order chi connectivity index (χ0) is 23.2. The first kappa shape index (κ1) is 22.8. The van der Waals surface area contributed by atoms with E-state index in [9.17, 15) is 4.79 Å². The molecule has 0 spiro atoms. The molecule has 2 aromatic carbocycles. The molecule has 33 heavy (non-hydrogen) atoms. The van der Waals surface area contributed by atoms with E-state index in [2.05, 4.69) is 39.7 Å². The van der Waals surface area contributed by atoms with Gasteiger partial charge in [0.25, 0.3) is 0 Å². The van der Waals surface area contributed by atoms with E-state index in [-0.39, 0.29) is 11.7 Å². The van der Waals surface area contributed by atoms with Gasteiger partial charge in [0.15, 0.2) is 11.0 Å². The van der Waals surface area contributed by atoms with Crippen LogP contribution in [0.1, 0.15) is 29.4 Å². The van der Waals surface area contributed by atoms with Gasteiger partial charge in [-0.3, -0.25) is 9.48 Å². The van der Waals surface area contributed by atoms with E-state index < -0.39 is 0 Å². The van der Waals surface area contributed by atoms with Gasteiger partial charge in [0.05, 0.1) is 18.0 Å².